The summed E-state index contributed by atoms with van der Waals surface area (Å²) >= 11 is 0. The van der Waals surface area contributed by atoms with Gasteiger partial charge in [0.1, 0.15) is 18.1 Å². The highest BCUT2D eigenvalue weighted by Crippen LogP contribution is 2.16. The zero-order valence-electron chi connectivity index (χ0n) is 14.1. The topological polar surface area (TPSA) is 67.9 Å². The number of unbranched alkanes of at least 4 members (excludes halogenated alkanes) is 1. The van der Waals surface area contributed by atoms with Gasteiger partial charge in [0.05, 0.1) is 20.2 Å². The van der Waals surface area contributed by atoms with Crippen molar-refractivity contribution in [2.24, 2.45) is 0 Å². The number of carbonyl (C=O) groups is 2. The van der Waals surface area contributed by atoms with E-state index in [0.717, 1.165) is 18.6 Å². The SMILES string of the molecule is CCCCNC(=O)CN(CCOc1ccc(OC)cc1)C(C)=O. The molecule has 0 saturated carbocycles. The van der Waals surface area contributed by atoms with Crippen LogP contribution in [-0.2, 0) is 9.59 Å². The molecule has 0 saturated heterocycles. The summed E-state index contributed by atoms with van der Waals surface area (Å²) in [5.41, 5.74) is 0. The van der Waals surface area contributed by atoms with Crippen LogP contribution in [0.1, 0.15) is 26.7 Å². The number of amides is 2. The Morgan fingerprint density at radius 1 is 1.17 bits per heavy atom. The molecule has 0 unspecified atom stereocenters. The average molecular weight is 322 g/mol. The molecule has 0 aromatic heterocycles. The van der Waals surface area contributed by atoms with Crippen LogP contribution in [0.2, 0.25) is 0 Å². The molecule has 1 aromatic rings. The summed E-state index contributed by atoms with van der Waals surface area (Å²) in [6.45, 7) is 4.91. The Balaban J connectivity index is 2.37. The number of nitrogens with one attached hydrogen (secondary N) is 1. The molecule has 6 heteroatoms. The van der Waals surface area contributed by atoms with Crippen LogP contribution in [-0.4, -0.2) is 50.1 Å². The molecule has 0 aliphatic rings. The molecule has 0 radical (unpaired) electrons. The van der Waals surface area contributed by atoms with Gasteiger partial charge in [-0.3, -0.25) is 9.59 Å². The summed E-state index contributed by atoms with van der Waals surface area (Å²) < 4.78 is 10.7. The van der Waals surface area contributed by atoms with E-state index in [1.54, 1.807) is 31.4 Å². The first-order chi connectivity index (χ1) is 11.1. The first-order valence-electron chi connectivity index (χ1n) is 7.86. The molecule has 1 rings (SSSR count). The van der Waals surface area contributed by atoms with Gasteiger partial charge in [-0.1, -0.05) is 13.3 Å². The van der Waals surface area contributed by atoms with Crippen LogP contribution in [0.3, 0.4) is 0 Å². The van der Waals surface area contributed by atoms with E-state index in [-0.39, 0.29) is 18.4 Å². The number of methoxy groups -OCH3 is 1. The number of rotatable bonds is 10. The average Bonchev–Trinajstić information content (AvgIpc) is 2.54. The lowest BCUT2D eigenvalue weighted by atomic mass is 10.3. The second kappa shape index (κ2) is 10.5. The van der Waals surface area contributed by atoms with Gasteiger partial charge in [-0.25, -0.2) is 0 Å². The summed E-state index contributed by atoms with van der Waals surface area (Å²) in [4.78, 5) is 24.9. The van der Waals surface area contributed by atoms with E-state index in [1.165, 1.54) is 11.8 Å². The molecule has 0 atom stereocenters. The van der Waals surface area contributed by atoms with Gasteiger partial charge in [0, 0.05) is 13.5 Å². The lowest BCUT2D eigenvalue weighted by molar-refractivity contribution is -0.134. The summed E-state index contributed by atoms with van der Waals surface area (Å²) in [5.74, 6) is 1.17. The zero-order chi connectivity index (χ0) is 17.1. The molecule has 2 amide bonds. The summed E-state index contributed by atoms with van der Waals surface area (Å²) in [6, 6.07) is 7.21. The minimum absolute atomic E-state index is 0.0605. The molecule has 1 aromatic carbocycles. The van der Waals surface area contributed by atoms with Crippen molar-refractivity contribution in [3.8, 4) is 11.5 Å². The lowest BCUT2D eigenvalue weighted by Crippen LogP contribution is -2.41. The fourth-order valence-corrected chi connectivity index (χ4v) is 1.93. The Morgan fingerprint density at radius 2 is 1.83 bits per heavy atom. The maximum Gasteiger partial charge on any atom is 0.239 e. The first kappa shape index (κ1) is 18.8. The van der Waals surface area contributed by atoms with E-state index < -0.39 is 0 Å². The third-order valence-corrected chi connectivity index (χ3v) is 3.32. The van der Waals surface area contributed by atoms with Gasteiger partial charge in [0.15, 0.2) is 0 Å². The van der Waals surface area contributed by atoms with E-state index in [4.69, 9.17) is 9.47 Å². The lowest BCUT2D eigenvalue weighted by Gasteiger charge is -2.20. The Hall–Kier alpha value is -2.24. The molecule has 23 heavy (non-hydrogen) atoms. The molecular weight excluding hydrogens is 296 g/mol. The maximum atomic E-state index is 11.8. The van der Waals surface area contributed by atoms with Crippen LogP contribution in [0.15, 0.2) is 24.3 Å². The molecule has 128 valence electrons. The van der Waals surface area contributed by atoms with Gasteiger partial charge in [-0.2, -0.15) is 0 Å². The van der Waals surface area contributed by atoms with Crippen LogP contribution in [0, 0.1) is 0 Å². The molecule has 0 bridgehead atoms. The third kappa shape index (κ3) is 7.54. The number of hydrogen-bond donors (Lipinski definition) is 1. The number of ether oxygens (including phenoxy) is 2. The first-order valence-corrected chi connectivity index (χ1v) is 7.86. The Labute approximate surface area is 137 Å². The highest BCUT2D eigenvalue weighted by atomic mass is 16.5. The van der Waals surface area contributed by atoms with Crippen molar-refractivity contribution in [1.29, 1.82) is 0 Å². The van der Waals surface area contributed by atoms with Crippen LogP contribution >= 0.6 is 0 Å². The van der Waals surface area contributed by atoms with Crippen molar-refractivity contribution in [3.63, 3.8) is 0 Å². The minimum atomic E-state index is -0.144. The van der Waals surface area contributed by atoms with Crippen molar-refractivity contribution in [2.45, 2.75) is 26.7 Å². The summed E-state index contributed by atoms with van der Waals surface area (Å²) in [7, 11) is 1.60. The smallest absolute Gasteiger partial charge is 0.239 e. The summed E-state index contributed by atoms with van der Waals surface area (Å²) in [6.07, 6.45) is 1.96. The van der Waals surface area contributed by atoms with Crippen molar-refractivity contribution in [3.05, 3.63) is 24.3 Å². The van der Waals surface area contributed by atoms with Gasteiger partial charge in [-0.15, -0.1) is 0 Å². The van der Waals surface area contributed by atoms with Gasteiger partial charge in [0.25, 0.3) is 0 Å². The quantitative estimate of drug-likeness (QED) is 0.668. The fourth-order valence-electron chi connectivity index (χ4n) is 1.93. The van der Waals surface area contributed by atoms with E-state index in [1.807, 2.05) is 0 Å². The van der Waals surface area contributed by atoms with Crippen LogP contribution < -0.4 is 14.8 Å². The van der Waals surface area contributed by atoms with Gasteiger partial charge in [-0.05, 0) is 30.7 Å². The molecule has 0 aliphatic carbocycles. The van der Waals surface area contributed by atoms with Crippen LogP contribution in [0.25, 0.3) is 0 Å². The fraction of sp³-hybridized carbons (Fsp3) is 0.529. The number of carbonyl (C=O) groups excluding carboxylic acids is 2. The maximum absolute atomic E-state index is 11.8. The van der Waals surface area contributed by atoms with Crippen molar-refractivity contribution in [2.75, 3.05) is 33.4 Å². The minimum Gasteiger partial charge on any atom is -0.497 e. The second-order valence-corrected chi connectivity index (χ2v) is 5.17. The molecule has 0 heterocycles. The molecule has 0 fully saturated rings. The second-order valence-electron chi connectivity index (χ2n) is 5.17. The molecule has 6 nitrogen and oxygen atoms in total. The molecule has 0 spiro atoms. The largest absolute Gasteiger partial charge is 0.497 e. The standard InChI is InChI=1S/C17H26N2O4/c1-4-5-10-18-17(21)13-19(14(2)20)11-12-23-16-8-6-15(22-3)7-9-16/h6-9H,4-5,10-13H2,1-3H3,(H,18,21). The van der Waals surface area contributed by atoms with Gasteiger partial charge in [0.2, 0.25) is 11.8 Å². The van der Waals surface area contributed by atoms with Crippen molar-refractivity contribution in [1.82, 2.24) is 10.2 Å². The van der Waals surface area contributed by atoms with E-state index in [2.05, 4.69) is 12.2 Å². The van der Waals surface area contributed by atoms with E-state index in [9.17, 15) is 9.59 Å². The molecular formula is C17H26N2O4. The molecule has 1 N–H and O–H groups in total. The van der Waals surface area contributed by atoms with Gasteiger partial charge >= 0.3 is 0 Å². The highest BCUT2D eigenvalue weighted by Gasteiger charge is 2.13. The van der Waals surface area contributed by atoms with Gasteiger partial charge < -0.3 is 19.7 Å². The van der Waals surface area contributed by atoms with Crippen LogP contribution in [0.5, 0.6) is 11.5 Å². The Morgan fingerprint density at radius 3 is 2.39 bits per heavy atom. The third-order valence-electron chi connectivity index (χ3n) is 3.32. The van der Waals surface area contributed by atoms with Crippen molar-refractivity contribution < 1.29 is 19.1 Å². The van der Waals surface area contributed by atoms with E-state index >= 15 is 0 Å². The Bertz CT molecular complexity index is 488. The number of nitrogens with zero attached hydrogens (tertiary/aromatic N) is 1. The number of benzene rings is 1. The number of hydrogen-bond acceptors (Lipinski definition) is 4. The zero-order valence-corrected chi connectivity index (χ0v) is 14.1. The predicted octanol–water partition coefficient (Wildman–Crippen LogP) is 1.84. The normalized spacial score (nSPS) is 10.0. The van der Waals surface area contributed by atoms with Crippen molar-refractivity contribution >= 4 is 11.8 Å². The van der Waals surface area contributed by atoms with E-state index in [0.29, 0.717) is 25.4 Å². The monoisotopic (exact) mass is 322 g/mol. The van der Waals surface area contributed by atoms with Crippen LogP contribution in [0.4, 0.5) is 0 Å². The highest BCUT2D eigenvalue weighted by molar-refractivity contribution is 5.83. The summed E-state index contributed by atoms with van der Waals surface area (Å²) in [5, 5.41) is 2.80. The predicted molar refractivity (Wildman–Crippen MR) is 88.7 cm³/mol. The molecule has 0 aliphatic heterocycles. The Kier molecular flexibility index (Phi) is 8.57.